The Balaban J connectivity index is 2.49. The van der Waals surface area contributed by atoms with E-state index in [1.54, 1.807) is 0 Å². The predicted molar refractivity (Wildman–Crippen MR) is 94.6 cm³/mol. The molecule has 0 aliphatic carbocycles. The number of hydrogen-bond donors (Lipinski definition) is 0. The zero-order valence-corrected chi connectivity index (χ0v) is 14.5. The summed E-state index contributed by atoms with van der Waals surface area (Å²) in [7, 11) is 0. The molecule has 1 heterocycles. The molecule has 2 aromatic rings. The maximum absolute atomic E-state index is 11.3. The molecule has 0 N–H and O–H groups in total. The first-order valence-corrected chi connectivity index (χ1v) is 8.58. The van der Waals surface area contributed by atoms with Crippen LogP contribution < -0.4 is 0 Å². The average molecular weight is 299 g/mol. The summed E-state index contributed by atoms with van der Waals surface area (Å²) >= 11 is 0. The van der Waals surface area contributed by atoms with Gasteiger partial charge < -0.3 is 4.57 Å². The monoisotopic (exact) mass is 299 g/mol. The third kappa shape index (κ3) is 3.60. The van der Waals surface area contributed by atoms with Gasteiger partial charge in [0, 0.05) is 28.7 Å². The van der Waals surface area contributed by atoms with Gasteiger partial charge >= 0.3 is 0 Å². The van der Waals surface area contributed by atoms with Crippen LogP contribution in [0.2, 0.25) is 0 Å². The summed E-state index contributed by atoms with van der Waals surface area (Å²) in [6, 6.07) is 8.30. The Morgan fingerprint density at radius 1 is 1.18 bits per heavy atom. The highest BCUT2D eigenvalue weighted by atomic mass is 16.1. The van der Waals surface area contributed by atoms with E-state index >= 15 is 0 Å². The highest BCUT2D eigenvalue weighted by Gasteiger charge is 2.21. The molecule has 0 amide bonds. The number of unbranched alkanes of at least 4 members (excludes halogenated alkanes) is 1. The van der Waals surface area contributed by atoms with Crippen LogP contribution in [-0.4, -0.2) is 10.9 Å². The Hall–Kier alpha value is -1.57. The van der Waals surface area contributed by atoms with Gasteiger partial charge in [0.1, 0.15) is 0 Å². The standard InChI is InChI=1S/C20H29NO/c1-5-7-12-21-17(14-20(3,4)11-6-2)13-18-16(15-22)9-8-10-19(18)21/h8-10,13,15H,5-7,11-12,14H2,1-4H3. The average Bonchev–Trinajstić information content (AvgIpc) is 2.81. The van der Waals surface area contributed by atoms with Crippen LogP contribution >= 0.6 is 0 Å². The molecule has 120 valence electrons. The van der Waals surface area contributed by atoms with Crippen molar-refractivity contribution in [2.24, 2.45) is 5.41 Å². The van der Waals surface area contributed by atoms with Crippen molar-refractivity contribution in [2.75, 3.05) is 0 Å². The summed E-state index contributed by atoms with van der Waals surface area (Å²) in [5, 5.41) is 1.11. The third-order valence-corrected chi connectivity index (χ3v) is 4.51. The van der Waals surface area contributed by atoms with Crippen molar-refractivity contribution in [3.8, 4) is 0 Å². The van der Waals surface area contributed by atoms with Crippen molar-refractivity contribution in [1.82, 2.24) is 4.57 Å². The molecule has 0 saturated heterocycles. The number of benzene rings is 1. The van der Waals surface area contributed by atoms with Crippen molar-refractivity contribution in [2.45, 2.75) is 66.3 Å². The van der Waals surface area contributed by atoms with Crippen LogP contribution in [0.1, 0.15) is 69.4 Å². The summed E-state index contributed by atoms with van der Waals surface area (Å²) in [4.78, 5) is 11.3. The Bertz CT molecular complexity index is 636. The summed E-state index contributed by atoms with van der Waals surface area (Å²) in [6.45, 7) is 10.2. The molecule has 0 spiro atoms. The second-order valence-corrected chi connectivity index (χ2v) is 7.13. The maximum Gasteiger partial charge on any atom is 0.150 e. The molecule has 1 aromatic carbocycles. The lowest BCUT2D eigenvalue weighted by atomic mass is 9.83. The van der Waals surface area contributed by atoms with Gasteiger partial charge in [-0.1, -0.05) is 52.7 Å². The number of fused-ring (bicyclic) bond motifs is 1. The van der Waals surface area contributed by atoms with E-state index in [1.807, 2.05) is 12.1 Å². The molecular weight excluding hydrogens is 270 g/mol. The Morgan fingerprint density at radius 3 is 2.59 bits per heavy atom. The Labute approximate surface area is 134 Å². The van der Waals surface area contributed by atoms with Gasteiger partial charge in [-0.3, -0.25) is 4.79 Å². The summed E-state index contributed by atoms with van der Waals surface area (Å²) < 4.78 is 2.43. The van der Waals surface area contributed by atoms with Crippen LogP contribution in [0.5, 0.6) is 0 Å². The van der Waals surface area contributed by atoms with Crippen molar-refractivity contribution in [3.05, 3.63) is 35.5 Å². The fraction of sp³-hybridized carbons (Fsp3) is 0.550. The van der Waals surface area contributed by atoms with Gasteiger partial charge in [-0.25, -0.2) is 0 Å². The lowest BCUT2D eigenvalue weighted by Gasteiger charge is -2.25. The number of carbonyl (C=O) groups excluding carboxylic acids is 1. The number of aryl methyl sites for hydroxylation is 1. The molecular formula is C20H29NO. The van der Waals surface area contributed by atoms with E-state index in [-0.39, 0.29) is 0 Å². The smallest absolute Gasteiger partial charge is 0.150 e. The lowest BCUT2D eigenvalue weighted by Crippen LogP contribution is -2.17. The number of nitrogens with zero attached hydrogens (tertiary/aromatic N) is 1. The first-order valence-electron chi connectivity index (χ1n) is 8.58. The summed E-state index contributed by atoms with van der Waals surface area (Å²) in [6.07, 6.45) is 6.84. The quantitative estimate of drug-likeness (QED) is 0.580. The molecule has 0 fully saturated rings. The molecule has 1 aromatic heterocycles. The van der Waals surface area contributed by atoms with Crippen molar-refractivity contribution >= 4 is 17.2 Å². The summed E-state index contributed by atoms with van der Waals surface area (Å²) in [5.41, 5.74) is 3.69. The fourth-order valence-corrected chi connectivity index (χ4v) is 3.45. The van der Waals surface area contributed by atoms with E-state index in [2.05, 4.69) is 44.4 Å². The van der Waals surface area contributed by atoms with Crippen molar-refractivity contribution < 1.29 is 4.79 Å². The van der Waals surface area contributed by atoms with Crippen LogP contribution in [0.15, 0.2) is 24.3 Å². The van der Waals surface area contributed by atoms with E-state index in [9.17, 15) is 4.79 Å². The minimum Gasteiger partial charge on any atom is -0.345 e. The van der Waals surface area contributed by atoms with Crippen LogP contribution in [0, 0.1) is 5.41 Å². The van der Waals surface area contributed by atoms with Gasteiger partial charge in [0.25, 0.3) is 0 Å². The predicted octanol–water partition coefficient (Wildman–Crippen LogP) is 5.62. The zero-order chi connectivity index (χ0) is 16.2. The van der Waals surface area contributed by atoms with Crippen LogP contribution in [0.3, 0.4) is 0 Å². The van der Waals surface area contributed by atoms with Crippen molar-refractivity contribution in [3.63, 3.8) is 0 Å². The molecule has 0 unspecified atom stereocenters. The molecule has 0 radical (unpaired) electrons. The minimum atomic E-state index is 0.300. The molecule has 2 heteroatoms. The molecule has 2 rings (SSSR count). The topological polar surface area (TPSA) is 22.0 Å². The highest BCUT2D eigenvalue weighted by Crippen LogP contribution is 2.31. The van der Waals surface area contributed by atoms with Gasteiger partial charge in [-0.15, -0.1) is 0 Å². The molecule has 0 atom stereocenters. The lowest BCUT2D eigenvalue weighted by molar-refractivity contribution is 0.112. The van der Waals surface area contributed by atoms with Gasteiger partial charge in [-0.2, -0.15) is 0 Å². The van der Waals surface area contributed by atoms with E-state index in [4.69, 9.17) is 0 Å². The second-order valence-electron chi connectivity index (χ2n) is 7.13. The molecule has 22 heavy (non-hydrogen) atoms. The van der Waals surface area contributed by atoms with Gasteiger partial charge in [0.05, 0.1) is 0 Å². The SMILES string of the molecule is CCCCn1c(CC(C)(C)CCC)cc2c(C=O)cccc21. The van der Waals surface area contributed by atoms with Gasteiger partial charge in [-0.05, 0) is 36.8 Å². The minimum absolute atomic E-state index is 0.300. The largest absolute Gasteiger partial charge is 0.345 e. The number of carbonyl (C=O) groups is 1. The van der Waals surface area contributed by atoms with Gasteiger partial charge in [0.15, 0.2) is 6.29 Å². The first kappa shape index (κ1) is 16.8. The second kappa shape index (κ2) is 7.13. The van der Waals surface area contributed by atoms with Gasteiger partial charge in [0.2, 0.25) is 0 Å². The summed E-state index contributed by atoms with van der Waals surface area (Å²) in [5.74, 6) is 0. The Morgan fingerprint density at radius 2 is 1.95 bits per heavy atom. The Kier molecular flexibility index (Phi) is 5.44. The first-order chi connectivity index (χ1) is 10.5. The molecule has 0 aliphatic rings. The highest BCUT2D eigenvalue weighted by molar-refractivity contribution is 5.97. The number of aldehydes is 1. The number of aromatic nitrogens is 1. The zero-order valence-electron chi connectivity index (χ0n) is 14.5. The maximum atomic E-state index is 11.3. The van der Waals surface area contributed by atoms with Crippen LogP contribution in [0.4, 0.5) is 0 Å². The van der Waals surface area contributed by atoms with E-state index < -0.39 is 0 Å². The molecule has 2 nitrogen and oxygen atoms in total. The molecule has 0 saturated carbocycles. The number of rotatable bonds is 8. The molecule has 0 aliphatic heterocycles. The van der Waals surface area contributed by atoms with Crippen molar-refractivity contribution in [1.29, 1.82) is 0 Å². The van der Waals surface area contributed by atoms with Crippen LogP contribution in [-0.2, 0) is 13.0 Å². The molecule has 0 bridgehead atoms. The van der Waals surface area contributed by atoms with E-state index in [0.717, 1.165) is 30.2 Å². The fourth-order valence-electron chi connectivity index (χ4n) is 3.45. The van der Waals surface area contributed by atoms with E-state index in [0.29, 0.717) is 5.41 Å². The number of hydrogen-bond acceptors (Lipinski definition) is 1. The third-order valence-electron chi connectivity index (χ3n) is 4.51. The van der Waals surface area contributed by atoms with E-state index in [1.165, 1.54) is 36.9 Å². The van der Waals surface area contributed by atoms with Crippen LogP contribution in [0.25, 0.3) is 10.9 Å². The normalized spacial score (nSPS) is 12.0.